The van der Waals surface area contributed by atoms with Gasteiger partial charge in [-0.25, -0.2) is 0 Å². The average Bonchev–Trinajstić information content (AvgIpc) is 2.86. The van der Waals surface area contributed by atoms with Crippen molar-refractivity contribution in [2.45, 2.75) is 97.2 Å². The van der Waals surface area contributed by atoms with Crippen molar-refractivity contribution in [1.29, 1.82) is 0 Å². The zero-order valence-electron chi connectivity index (χ0n) is 22.2. The number of carbonyl (C=O) groups is 2. The van der Waals surface area contributed by atoms with Gasteiger partial charge in [-0.15, -0.1) is 0 Å². The summed E-state index contributed by atoms with van der Waals surface area (Å²) >= 11 is 0. The molecule has 194 valence electrons. The fourth-order valence-electron chi connectivity index (χ4n) is 7.63. The molecule has 0 aliphatic heterocycles. The molecular formula is C30H46N2O3. The Labute approximate surface area is 212 Å². The Morgan fingerprint density at radius 2 is 1.74 bits per heavy atom. The molecule has 5 heteroatoms. The van der Waals surface area contributed by atoms with E-state index in [2.05, 4.69) is 19.2 Å². The Morgan fingerprint density at radius 1 is 1.09 bits per heavy atom. The summed E-state index contributed by atoms with van der Waals surface area (Å²) in [5.74, 6) is 0.503. The molecule has 2 amide bonds. The summed E-state index contributed by atoms with van der Waals surface area (Å²) < 4.78 is 0. The number of hydrogen-bond acceptors (Lipinski definition) is 3. The van der Waals surface area contributed by atoms with Crippen LogP contribution < -0.4 is 5.32 Å². The van der Waals surface area contributed by atoms with Gasteiger partial charge in [0.25, 0.3) is 0 Å². The largest absolute Gasteiger partial charge is 0.392 e. The fraction of sp³-hybridized carbons (Fsp3) is 0.733. The highest BCUT2D eigenvalue weighted by atomic mass is 16.3. The lowest BCUT2D eigenvalue weighted by Gasteiger charge is -2.56. The third-order valence-electron chi connectivity index (χ3n) is 9.86. The highest BCUT2D eigenvalue weighted by Gasteiger charge is 2.54. The molecule has 5 nitrogen and oxygen atoms in total. The van der Waals surface area contributed by atoms with Crippen LogP contribution in [0.5, 0.6) is 0 Å². The zero-order chi connectivity index (χ0) is 25.2. The van der Waals surface area contributed by atoms with Crippen LogP contribution in [0, 0.1) is 35.0 Å². The lowest BCUT2D eigenvalue weighted by Crippen LogP contribution is -2.59. The van der Waals surface area contributed by atoms with Crippen molar-refractivity contribution in [3.05, 3.63) is 35.9 Å². The molecule has 2 N–H and O–H groups in total. The molecule has 1 aromatic carbocycles. The minimum absolute atomic E-state index is 0.0472. The Kier molecular flexibility index (Phi) is 8.25. The van der Waals surface area contributed by atoms with Crippen molar-refractivity contribution in [1.82, 2.24) is 10.2 Å². The van der Waals surface area contributed by atoms with Crippen LogP contribution in [0.3, 0.4) is 0 Å². The molecule has 0 aromatic heterocycles. The Bertz CT molecular complexity index is 868. The first-order chi connectivity index (χ1) is 16.7. The SMILES string of the molecule is CC(C(=O)N(C)Cc1ccccc1)C1CCC2(C)CCC(NC(=O)C3CCCCC3)C(C)C2C1O. The highest BCUT2D eigenvalue weighted by molar-refractivity contribution is 5.79. The van der Waals surface area contributed by atoms with Crippen LogP contribution in [0.25, 0.3) is 0 Å². The monoisotopic (exact) mass is 482 g/mol. The van der Waals surface area contributed by atoms with E-state index in [1.54, 1.807) is 4.90 Å². The maximum atomic E-state index is 13.4. The van der Waals surface area contributed by atoms with E-state index in [0.29, 0.717) is 6.54 Å². The quantitative estimate of drug-likeness (QED) is 0.588. The summed E-state index contributed by atoms with van der Waals surface area (Å²) in [6.07, 6.45) is 8.98. The molecule has 0 heterocycles. The number of hydrogen-bond donors (Lipinski definition) is 2. The summed E-state index contributed by atoms with van der Waals surface area (Å²) in [6.45, 7) is 7.12. The van der Waals surface area contributed by atoms with E-state index in [4.69, 9.17) is 0 Å². The first-order valence-corrected chi connectivity index (χ1v) is 14.0. The zero-order valence-corrected chi connectivity index (χ0v) is 22.2. The predicted octanol–water partition coefficient (Wildman–Crippen LogP) is 5.17. The molecule has 35 heavy (non-hydrogen) atoms. The normalized spacial score (nSPS) is 34.5. The molecular weight excluding hydrogens is 436 g/mol. The van der Waals surface area contributed by atoms with Crippen molar-refractivity contribution < 1.29 is 14.7 Å². The van der Waals surface area contributed by atoms with E-state index in [-0.39, 0.29) is 52.9 Å². The van der Waals surface area contributed by atoms with Crippen molar-refractivity contribution in [3.63, 3.8) is 0 Å². The third kappa shape index (κ3) is 5.60. The number of aliphatic hydroxyl groups is 1. The minimum atomic E-state index is -0.526. The number of amides is 2. The summed E-state index contributed by atoms with van der Waals surface area (Å²) in [7, 11) is 1.87. The Hall–Kier alpha value is -1.88. The van der Waals surface area contributed by atoms with Gasteiger partial charge in [0, 0.05) is 31.5 Å². The molecule has 3 aliphatic carbocycles. The number of aliphatic hydroxyl groups excluding tert-OH is 1. The predicted molar refractivity (Wildman–Crippen MR) is 139 cm³/mol. The third-order valence-corrected chi connectivity index (χ3v) is 9.86. The number of nitrogens with zero attached hydrogens (tertiary/aromatic N) is 1. The molecule has 4 rings (SSSR count). The lowest BCUT2D eigenvalue weighted by molar-refractivity contribution is -0.150. The smallest absolute Gasteiger partial charge is 0.225 e. The molecule has 0 bridgehead atoms. The van der Waals surface area contributed by atoms with E-state index in [1.165, 1.54) is 6.42 Å². The van der Waals surface area contributed by atoms with Gasteiger partial charge in [-0.3, -0.25) is 9.59 Å². The van der Waals surface area contributed by atoms with Crippen molar-refractivity contribution in [2.24, 2.45) is 35.0 Å². The Morgan fingerprint density at radius 3 is 2.43 bits per heavy atom. The van der Waals surface area contributed by atoms with Gasteiger partial charge in [-0.1, -0.05) is 70.4 Å². The van der Waals surface area contributed by atoms with Gasteiger partial charge in [0.05, 0.1) is 6.10 Å². The molecule has 7 atom stereocenters. The maximum Gasteiger partial charge on any atom is 0.225 e. The number of fused-ring (bicyclic) bond motifs is 1. The van der Waals surface area contributed by atoms with Gasteiger partial charge in [0.1, 0.15) is 0 Å². The van der Waals surface area contributed by atoms with Gasteiger partial charge >= 0.3 is 0 Å². The Balaban J connectivity index is 1.42. The molecule has 3 saturated carbocycles. The van der Waals surface area contributed by atoms with E-state index in [0.717, 1.165) is 56.9 Å². The molecule has 0 saturated heterocycles. The lowest BCUT2D eigenvalue weighted by atomic mass is 9.51. The highest BCUT2D eigenvalue weighted by Crippen LogP contribution is 2.55. The second-order valence-corrected chi connectivity index (χ2v) is 12.2. The molecule has 3 fully saturated rings. The summed E-state index contributed by atoms with van der Waals surface area (Å²) in [6, 6.07) is 10.2. The number of rotatable bonds is 6. The van der Waals surface area contributed by atoms with Crippen LogP contribution in [-0.4, -0.2) is 41.0 Å². The van der Waals surface area contributed by atoms with Gasteiger partial charge in [0.2, 0.25) is 11.8 Å². The van der Waals surface area contributed by atoms with Crippen LogP contribution in [0.4, 0.5) is 0 Å². The number of carbonyl (C=O) groups excluding carboxylic acids is 2. The molecule has 7 unspecified atom stereocenters. The molecule has 1 aromatic rings. The van der Waals surface area contributed by atoms with Crippen LogP contribution in [0.2, 0.25) is 0 Å². The summed E-state index contributed by atoms with van der Waals surface area (Å²) in [5, 5.41) is 15.1. The van der Waals surface area contributed by atoms with E-state index in [1.807, 2.05) is 44.3 Å². The standard InChI is InChI=1S/C30H46N2O3/c1-20(29(35)32(4)19-22-11-7-5-8-12-22)24-15-17-30(3)18-16-25(21(2)26(30)27(24)33)31-28(34)23-13-9-6-10-14-23/h5,7-8,11-12,20-21,23-27,33H,6,9-10,13-19H2,1-4H3,(H,31,34). The summed E-state index contributed by atoms with van der Waals surface area (Å²) in [4.78, 5) is 28.2. The minimum Gasteiger partial charge on any atom is -0.392 e. The summed E-state index contributed by atoms with van der Waals surface area (Å²) in [5.41, 5.74) is 1.19. The van der Waals surface area contributed by atoms with Crippen molar-refractivity contribution >= 4 is 11.8 Å². The number of nitrogens with one attached hydrogen (secondary N) is 1. The maximum absolute atomic E-state index is 13.4. The van der Waals surface area contributed by atoms with Crippen LogP contribution in [0.1, 0.15) is 84.1 Å². The molecule has 3 aliphatic rings. The fourth-order valence-corrected chi connectivity index (χ4v) is 7.63. The van der Waals surface area contributed by atoms with Gasteiger partial charge in [-0.05, 0) is 67.3 Å². The molecule has 0 spiro atoms. The second-order valence-electron chi connectivity index (χ2n) is 12.2. The van der Waals surface area contributed by atoms with E-state index >= 15 is 0 Å². The molecule has 0 radical (unpaired) electrons. The van der Waals surface area contributed by atoms with E-state index in [9.17, 15) is 14.7 Å². The van der Waals surface area contributed by atoms with E-state index < -0.39 is 6.10 Å². The van der Waals surface area contributed by atoms with Crippen LogP contribution in [0.15, 0.2) is 30.3 Å². The first-order valence-electron chi connectivity index (χ1n) is 14.0. The number of benzene rings is 1. The first kappa shape index (κ1) is 26.2. The van der Waals surface area contributed by atoms with Crippen LogP contribution >= 0.6 is 0 Å². The van der Waals surface area contributed by atoms with Crippen molar-refractivity contribution in [2.75, 3.05) is 7.05 Å². The van der Waals surface area contributed by atoms with Gasteiger partial charge in [0.15, 0.2) is 0 Å². The second kappa shape index (κ2) is 11.0. The van der Waals surface area contributed by atoms with Gasteiger partial charge < -0.3 is 15.3 Å². The van der Waals surface area contributed by atoms with Crippen molar-refractivity contribution in [3.8, 4) is 0 Å². The average molecular weight is 483 g/mol. The van der Waals surface area contributed by atoms with Gasteiger partial charge in [-0.2, -0.15) is 0 Å². The topological polar surface area (TPSA) is 69.6 Å². The van der Waals surface area contributed by atoms with Crippen LogP contribution in [-0.2, 0) is 16.1 Å².